The van der Waals surface area contributed by atoms with E-state index in [0.29, 0.717) is 22.8 Å². The summed E-state index contributed by atoms with van der Waals surface area (Å²) >= 11 is 7.38. The van der Waals surface area contributed by atoms with Gasteiger partial charge >= 0.3 is 0 Å². The number of hydrogen-bond donors (Lipinski definition) is 2. The molecule has 0 unspecified atom stereocenters. The number of sulfonamides is 1. The zero-order valence-corrected chi connectivity index (χ0v) is 20.4. The predicted molar refractivity (Wildman–Crippen MR) is 133 cm³/mol. The van der Waals surface area contributed by atoms with Crippen LogP contribution >= 0.6 is 23.4 Å². The van der Waals surface area contributed by atoms with Crippen molar-refractivity contribution in [2.45, 2.75) is 42.2 Å². The van der Waals surface area contributed by atoms with Gasteiger partial charge in [0.2, 0.25) is 5.91 Å². The third-order valence-corrected chi connectivity index (χ3v) is 7.83. The molecule has 0 saturated heterocycles. The average molecular weight is 489 g/mol. The lowest BCUT2D eigenvalue weighted by molar-refractivity contribution is -0.115. The standard InChI is InChI=1S/C24H25ClN2O3S2/c1-4-23(31-20-11-7-18(25)8-12-20)24(28)26-19-9-13-21(14-10-19)32(29,30)27-22-15-16(2)5-6-17(22)3/h5-15,23,27H,4H2,1-3H3,(H,26,28)/t23-/m0/s1. The van der Waals surface area contributed by atoms with Crippen LogP contribution in [0.25, 0.3) is 0 Å². The molecule has 0 radical (unpaired) electrons. The average Bonchev–Trinajstić information content (AvgIpc) is 2.76. The quantitative estimate of drug-likeness (QED) is 0.366. The third-order valence-electron chi connectivity index (χ3n) is 4.82. The van der Waals surface area contributed by atoms with Gasteiger partial charge in [-0.3, -0.25) is 9.52 Å². The molecule has 0 spiro atoms. The highest BCUT2D eigenvalue weighted by atomic mass is 35.5. The molecule has 0 aliphatic carbocycles. The van der Waals surface area contributed by atoms with E-state index < -0.39 is 10.0 Å². The number of carbonyl (C=O) groups is 1. The van der Waals surface area contributed by atoms with E-state index in [9.17, 15) is 13.2 Å². The first-order valence-electron chi connectivity index (χ1n) is 10.1. The maximum absolute atomic E-state index is 12.8. The molecule has 3 aromatic carbocycles. The van der Waals surface area contributed by atoms with E-state index >= 15 is 0 Å². The SMILES string of the molecule is CC[C@H](Sc1ccc(Cl)cc1)C(=O)Nc1ccc(S(=O)(=O)Nc2cc(C)ccc2C)cc1. The number of amides is 1. The Kier molecular flexibility index (Phi) is 7.87. The fourth-order valence-electron chi connectivity index (χ4n) is 2.99. The first kappa shape index (κ1) is 24.2. The molecular formula is C24H25ClN2O3S2. The van der Waals surface area contributed by atoms with Crippen LogP contribution in [0.2, 0.25) is 5.02 Å². The molecule has 0 bridgehead atoms. The minimum atomic E-state index is -3.74. The number of thioether (sulfide) groups is 1. The molecule has 0 aliphatic rings. The van der Waals surface area contributed by atoms with Crippen LogP contribution in [0.15, 0.2) is 76.5 Å². The summed E-state index contributed by atoms with van der Waals surface area (Å²) in [7, 11) is -3.74. The van der Waals surface area contributed by atoms with E-state index in [1.54, 1.807) is 30.3 Å². The minimum absolute atomic E-state index is 0.124. The lowest BCUT2D eigenvalue weighted by Gasteiger charge is -2.15. The number of nitrogens with one attached hydrogen (secondary N) is 2. The van der Waals surface area contributed by atoms with Crippen LogP contribution in [-0.4, -0.2) is 19.6 Å². The molecule has 0 aliphatic heterocycles. The summed E-state index contributed by atoms with van der Waals surface area (Å²) in [6.07, 6.45) is 0.644. The van der Waals surface area contributed by atoms with Crippen LogP contribution in [0, 0.1) is 13.8 Å². The first-order chi connectivity index (χ1) is 15.2. The number of carbonyl (C=O) groups excluding carboxylic acids is 1. The Hall–Kier alpha value is -2.48. The van der Waals surface area contributed by atoms with Crippen LogP contribution in [0.3, 0.4) is 0 Å². The largest absolute Gasteiger partial charge is 0.325 e. The first-order valence-corrected chi connectivity index (χ1v) is 12.9. The van der Waals surface area contributed by atoms with Gasteiger partial charge in [0.1, 0.15) is 0 Å². The molecule has 8 heteroatoms. The zero-order chi connectivity index (χ0) is 23.3. The molecular weight excluding hydrogens is 464 g/mol. The molecule has 3 aromatic rings. The minimum Gasteiger partial charge on any atom is -0.325 e. The van der Waals surface area contributed by atoms with Crippen LogP contribution in [0.1, 0.15) is 24.5 Å². The van der Waals surface area contributed by atoms with Crippen LogP contribution in [-0.2, 0) is 14.8 Å². The molecule has 1 amide bonds. The predicted octanol–water partition coefficient (Wildman–Crippen LogP) is 6.27. The molecule has 0 heterocycles. The molecule has 3 rings (SSSR count). The summed E-state index contributed by atoms with van der Waals surface area (Å²) in [6.45, 7) is 5.70. The summed E-state index contributed by atoms with van der Waals surface area (Å²) in [5, 5.41) is 3.23. The van der Waals surface area contributed by atoms with Crippen molar-refractivity contribution in [2.24, 2.45) is 0 Å². The van der Waals surface area contributed by atoms with E-state index in [1.807, 2.05) is 45.0 Å². The third kappa shape index (κ3) is 6.28. The van der Waals surface area contributed by atoms with E-state index in [1.165, 1.54) is 23.9 Å². The van der Waals surface area contributed by atoms with E-state index in [4.69, 9.17) is 11.6 Å². The van der Waals surface area contributed by atoms with E-state index in [-0.39, 0.29) is 16.1 Å². The molecule has 0 aromatic heterocycles. The van der Waals surface area contributed by atoms with Gasteiger partial charge in [0.25, 0.3) is 10.0 Å². The van der Waals surface area contributed by atoms with Gasteiger partial charge in [-0.05, 0) is 86.0 Å². The number of halogens is 1. The van der Waals surface area contributed by atoms with Gasteiger partial charge in [0, 0.05) is 15.6 Å². The van der Waals surface area contributed by atoms with Gasteiger partial charge in [-0.1, -0.05) is 30.7 Å². The number of benzene rings is 3. The maximum Gasteiger partial charge on any atom is 0.261 e. The second kappa shape index (κ2) is 10.4. The van der Waals surface area contributed by atoms with Gasteiger partial charge in [-0.2, -0.15) is 0 Å². The summed E-state index contributed by atoms with van der Waals surface area (Å²) in [5.74, 6) is -0.142. The smallest absolute Gasteiger partial charge is 0.261 e. The Morgan fingerprint density at radius 1 is 1.00 bits per heavy atom. The lowest BCUT2D eigenvalue weighted by atomic mass is 10.1. The molecule has 0 fully saturated rings. The summed E-state index contributed by atoms with van der Waals surface area (Å²) < 4.78 is 28.2. The topological polar surface area (TPSA) is 75.3 Å². The van der Waals surface area contributed by atoms with Crippen molar-refractivity contribution in [1.82, 2.24) is 0 Å². The van der Waals surface area contributed by atoms with Gasteiger partial charge in [-0.15, -0.1) is 11.8 Å². The van der Waals surface area contributed by atoms with Gasteiger partial charge in [-0.25, -0.2) is 8.42 Å². The number of hydrogen-bond acceptors (Lipinski definition) is 4. The van der Waals surface area contributed by atoms with Crippen molar-refractivity contribution < 1.29 is 13.2 Å². The molecule has 5 nitrogen and oxygen atoms in total. The highest BCUT2D eigenvalue weighted by Gasteiger charge is 2.19. The highest BCUT2D eigenvalue weighted by Crippen LogP contribution is 2.28. The van der Waals surface area contributed by atoms with E-state index in [0.717, 1.165) is 16.0 Å². The molecule has 0 saturated carbocycles. The highest BCUT2D eigenvalue weighted by molar-refractivity contribution is 8.00. The van der Waals surface area contributed by atoms with Gasteiger partial charge in [0.15, 0.2) is 0 Å². The molecule has 32 heavy (non-hydrogen) atoms. The fourth-order valence-corrected chi connectivity index (χ4v) is 5.19. The molecule has 168 valence electrons. The van der Waals surface area contributed by atoms with Crippen LogP contribution in [0.5, 0.6) is 0 Å². The Labute approximate surface area is 198 Å². The Bertz CT molecular complexity index is 1190. The number of anilines is 2. The van der Waals surface area contributed by atoms with Crippen molar-refractivity contribution >= 4 is 50.7 Å². The molecule has 2 N–H and O–H groups in total. The van der Waals surface area contributed by atoms with Crippen molar-refractivity contribution in [3.05, 3.63) is 82.9 Å². The van der Waals surface area contributed by atoms with Crippen LogP contribution in [0.4, 0.5) is 11.4 Å². The summed E-state index contributed by atoms with van der Waals surface area (Å²) in [5.41, 5.74) is 2.89. The monoisotopic (exact) mass is 488 g/mol. The Morgan fingerprint density at radius 2 is 1.66 bits per heavy atom. The van der Waals surface area contributed by atoms with Crippen LogP contribution < -0.4 is 10.0 Å². The van der Waals surface area contributed by atoms with Gasteiger partial charge < -0.3 is 5.32 Å². The molecule has 1 atom stereocenters. The van der Waals surface area contributed by atoms with Crippen molar-refractivity contribution in [2.75, 3.05) is 10.0 Å². The normalized spacial score (nSPS) is 12.2. The summed E-state index contributed by atoms with van der Waals surface area (Å²) in [4.78, 5) is 13.8. The number of rotatable bonds is 8. The maximum atomic E-state index is 12.8. The second-order valence-corrected chi connectivity index (χ2v) is 10.8. The van der Waals surface area contributed by atoms with Crippen molar-refractivity contribution in [3.63, 3.8) is 0 Å². The second-order valence-electron chi connectivity index (χ2n) is 7.41. The van der Waals surface area contributed by atoms with E-state index in [2.05, 4.69) is 10.0 Å². The fraction of sp³-hybridized carbons (Fsp3) is 0.208. The van der Waals surface area contributed by atoms with Crippen molar-refractivity contribution in [3.8, 4) is 0 Å². The Morgan fingerprint density at radius 3 is 2.28 bits per heavy atom. The van der Waals surface area contributed by atoms with Crippen molar-refractivity contribution in [1.29, 1.82) is 0 Å². The zero-order valence-electron chi connectivity index (χ0n) is 18.1. The lowest BCUT2D eigenvalue weighted by Crippen LogP contribution is -2.24. The summed E-state index contributed by atoms with van der Waals surface area (Å²) in [6, 6.07) is 19.1. The van der Waals surface area contributed by atoms with Gasteiger partial charge in [0.05, 0.1) is 15.8 Å². The number of aryl methyl sites for hydroxylation is 2. The Balaban J connectivity index is 1.68.